The van der Waals surface area contributed by atoms with Gasteiger partial charge in [0.05, 0.1) is 20.6 Å². The van der Waals surface area contributed by atoms with Gasteiger partial charge in [0.2, 0.25) is 11.8 Å². The standard InChI is InChI=1S/C35H35Cl2N3O4S/c36-28-19-18-25(21-29(28)37)23-39(31(22-24-9-2-1-3-10-24)35(42)38-27-13-4-5-14-27)33(41)17-8-20-40-30-15-6-11-26-12-7-16-32(34(26)30)45(40,43)44/h1-3,6-7,9-12,15-16,18-19,21,27,31H,4-5,8,13-14,17,20,22-23H2,(H,38,42)/t31-/m0/s1. The number of rotatable bonds is 11. The third kappa shape index (κ3) is 6.69. The number of halogens is 2. The van der Waals surface area contributed by atoms with E-state index in [1.807, 2.05) is 48.5 Å². The highest BCUT2D eigenvalue weighted by Gasteiger charge is 2.36. The molecule has 234 valence electrons. The van der Waals surface area contributed by atoms with Crippen LogP contribution in [0.5, 0.6) is 0 Å². The Morgan fingerprint density at radius 1 is 0.889 bits per heavy atom. The fourth-order valence-corrected chi connectivity index (χ4v) is 8.54. The summed E-state index contributed by atoms with van der Waals surface area (Å²) in [7, 11) is -3.74. The average molecular weight is 665 g/mol. The normalized spacial score (nSPS) is 16.2. The zero-order chi connectivity index (χ0) is 31.6. The Kier molecular flexibility index (Phi) is 9.36. The van der Waals surface area contributed by atoms with Crippen molar-refractivity contribution in [2.45, 2.75) is 68.5 Å². The number of benzene rings is 4. The van der Waals surface area contributed by atoms with Gasteiger partial charge >= 0.3 is 0 Å². The average Bonchev–Trinajstić information content (AvgIpc) is 3.62. The van der Waals surface area contributed by atoms with Crippen LogP contribution in [-0.4, -0.2) is 43.8 Å². The zero-order valence-electron chi connectivity index (χ0n) is 24.8. The van der Waals surface area contributed by atoms with Gasteiger partial charge in [0, 0.05) is 37.4 Å². The fraction of sp³-hybridized carbons (Fsp3) is 0.314. The van der Waals surface area contributed by atoms with Crippen LogP contribution in [0.2, 0.25) is 10.0 Å². The van der Waals surface area contributed by atoms with E-state index in [1.54, 1.807) is 41.3 Å². The van der Waals surface area contributed by atoms with Crippen molar-refractivity contribution in [3.8, 4) is 0 Å². The third-order valence-electron chi connectivity index (χ3n) is 8.74. The number of sulfonamides is 1. The predicted octanol–water partition coefficient (Wildman–Crippen LogP) is 7.13. The Balaban J connectivity index is 1.26. The Labute approximate surface area is 274 Å². The van der Waals surface area contributed by atoms with E-state index in [4.69, 9.17) is 23.2 Å². The summed E-state index contributed by atoms with van der Waals surface area (Å²) in [6, 6.07) is 25.0. The maximum Gasteiger partial charge on any atom is 0.265 e. The largest absolute Gasteiger partial charge is 0.352 e. The van der Waals surface area contributed by atoms with E-state index in [-0.39, 0.29) is 48.7 Å². The maximum absolute atomic E-state index is 14.1. The van der Waals surface area contributed by atoms with Gasteiger partial charge in [-0.25, -0.2) is 8.42 Å². The second-order valence-electron chi connectivity index (χ2n) is 11.8. The van der Waals surface area contributed by atoms with Crippen molar-refractivity contribution in [2.24, 2.45) is 0 Å². The highest BCUT2D eigenvalue weighted by Crippen LogP contribution is 2.42. The molecular formula is C35H35Cl2N3O4S. The van der Waals surface area contributed by atoms with Gasteiger partial charge in [0.25, 0.3) is 10.0 Å². The van der Waals surface area contributed by atoms with E-state index in [0.717, 1.165) is 42.2 Å². The smallest absolute Gasteiger partial charge is 0.265 e. The van der Waals surface area contributed by atoms with E-state index < -0.39 is 16.1 Å². The summed E-state index contributed by atoms with van der Waals surface area (Å²) in [6.07, 6.45) is 4.65. The van der Waals surface area contributed by atoms with Crippen LogP contribution >= 0.6 is 23.2 Å². The van der Waals surface area contributed by atoms with Crippen LogP contribution in [0.25, 0.3) is 10.8 Å². The molecule has 0 saturated heterocycles. The van der Waals surface area contributed by atoms with Crippen molar-refractivity contribution < 1.29 is 18.0 Å². The SMILES string of the molecule is O=C(NC1CCCC1)[C@H](Cc1ccccc1)N(Cc1ccc(Cl)c(Cl)c1)C(=O)CCCN1c2cccc3cccc(c23)S1(=O)=O. The molecule has 1 heterocycles. The molecule has 7 nitrogen and oxygen atoms in total. The number of carbonyl (C=O) groups is 2. The van der Waals surface area contributed by atoms with Crippen molar-refractivity contribution in [1.29, 1.82) is 0 Å². The van der Waals surface area contributed by atoms with Crippen LogP contribution in [-0.2, 0) is 32.6 Å². The monoisotopic (exact) mass is 663 g/mol. The highest BCUT2D eigenvalue weighted by molar-refractivity contribution is 7.93. The molecule has 45 heavy (non-hydrogen) atoms. The molecule has 2 aliphatic rings. The molecule has 0 radical (unpaired) electrons. The summed E-state index contributed by atoms with van der Waals surface area (Å²) < 4.78 is 28.4. The number of nitrogens with zero attached hydrogens (tertiary/aromatic N) is 2. The van der Waals surface area contributed by atoms with Gasteiger partial charge < -0.3 is 10.2 Å². The molecule has 6 rings (SSSR count). The lowest BCUT2D eigenvalue weighted by Gasteiger charge is -2.32. The van der Waals surface area contributed by atoms with Gasteiger partial charge in [-0.05, 0) is 60.0 Å². The summed E-state index contributed by atoms with van der Waals surface area (Å²) >= 11 is 12.5. The quantitative estimate of drug-likeness (QED) is 0.185. The number of hydrogen-bond donors (Lipinski definition) is 1. The number of hydrogen-bond acceptors (Lipinski definition) is 4. The van der Waals surface area contributed by atoms with Crippen molar-refractivity contribution in [3.05, 3.63) is 106 Å². The summed E-state index contributed by atoms with van der Waals surface area (Å²) in [5.74, 6) is -0.431. The molecule has 1 saturated carbocycles. The Bertz CT molecular complexity index is 1820. The Hall–Kier alpha value is -3.59. The second-order valence-corrected chi connectivity index (χ2v) is 14.4. The fourth-order valence-electron chi connectivity index (χ4n) is 6.47. The van der Waals surface area contributed by atoms with Gasteiger partial charge in [-0.1, -0.05) is 96.7 Å². The van der Waals surface area contributed by atoms with E-state index in [1.165, 1.54) is 4.31 Å². The Morgan fingerprint density at radius 3 is 2.36 bits per heavy atom. The topological polar surface area (TPSA) is 86.8 Å². The molecule has 2 amide bonds. The lowest BCUT2D eigenvalue weighted by Crippen LogP contribution is -2.52. The van der Waals surface area contributed by atoms with Crippen molar-refractivity contribution >= 4 is 61.5 Å². The zero-order valence-corrected chi connectivity index (χ0v) is 27.1. The molecule has 1 aliphatic heterocycles. The van der Waals surface area contributed by atoms with Gasteiger partial charge in [-0.15, -0.1) is 0 Å². The summed E-state index contributed by atoms with van der Waals surface area (Å²) in [5.41, 5.74) is 2.31. The summed E-state index contributed by atoms with van der Waals surface area (Å²) in [5, 5.41) is 5.54. The third-order valence-corrected chi connectivity index (χ3v) is 11.3. The van der Waals surface area contributed by atoms with Gasteiger partial charge in [-0.3, -0.25) is 13.9 Å². The van der Waals surface area contributed by atoms with Crippen LogP contribution in [0.15, 0.2) is 89.8 Å². The minimum absolute atomic E-state index is 0.0572. The van der Waals surface area contributed by atoms with Crippen molar-refractivity contribution in [1.82, 2.24) is 10.2 Å². The Morgan fingerprint density at radius 2 is 1.62 bits per heavy atom. The van der Waals surface area contributed by atoms with Gasteiger partial charge in [-0.2, -0.15) is 0 Å². The minimum atomic E-state index is -3.74. The van der Waals surface area contributed by atoms with Gasteiger partial charge in [0.1, 0.15) is 6.04 Å². The first kappa shape index (κ1) is 31.4. The molecule has 4 aromatic carbocycles. The van der Waals surface area contributed by atoms with Crippen LogP contribution in [0.4, 0.5) is 5.69 Å². The molecule has 0 unspecified atom stereocenters. The maximum atomic E-state index is 14.1. The molecule has 10 heteroatoms. The molecule has 1 aliphatic carbocycles. The molecule has 0 aromatic heterocycles. The highest BCUT2D eigenvalue weighted by atomic mass is 35.5. The van der Waals surface area contributed by atoms with E-state index in [2.05, 4.69) is 5.32 Å². The van der Waals surface area contributed by atoms with Crippen LogP contribution < -0.4 is 9.62 Å². The first-order chi connectivity index (χ1) is 21.7. The lowest BCUT2D eigenvalue weighted by atomic mass is 10.0. The molecule has 1 fully saturated rings. The first-order valence-electron chi connectivity index (χ1n) is 15.3. The lowest BCUT2D eigenvalue weighted by molar-refractivity contribution is -0.141. The van der Waals surface area contributed by atoms with E-state index >= 15 is 0 Å². The minimum Gasteiger partial charge on any atom is -0.352 e. The van der Waals surface area contributed by atoms with E-state index in [9.17, 15) is 18.0 Å². The van der Waals surface area contributed by atoms with E-state index in [0.29, 0.717) is 27.5 Å². The molecule has 0 spiro atoms. The molecule has 1 N–H and O–H groups in total. The van der Waals surface area contributed by atoms with Crippen LogP contribution in [0, 0.1) is 0 Å². The number of anilines is 1. The van der Waals surface area contributed by atoms with Gasteiger partial charge in [0.15, 0.2) is 0 Å². The first-order valence-corrected chi connectivity index (χ1v) is 17.5. The molecule has 4 aromatic rings. The molecule has 0 bridgehead atoms. The summed E-state index contributed by atoms with van der Waals surface area (Å²) in [4.78, 5) is 30.0. The molecule has 1 atom stereocenters. The summed E-state index contributed by atoms with van der Waals surface area (Å²) in [6.45, 7) is 0.290. The second kappa shape index (κ2) is 13.4. The van der Waals surface area contributed by atoms with Crippen LogP contribution in [0.1, 0.15) is 49.7 Å². The number of carbonyl (C=O) groups excluding carboxylic acids is 2. The van der Waals surface area contributed by atoms with Crippen molar-refractivity contribution in [2.75, 3.05) is 10.8 Å². The number of amides is 2. The molecular weight excluding hydrogens is 629 g/mol. The predicted molar refractivity (Wildman–Crippen MR) is 179 cm³/mol. The van der Waals surface area contributed by atoms with Crippen molar-refractivity contribution in [3.63, 3.8) is 0 Å². The van der Waals surface area contributed by atoms with Crippen LogP contribution in [0.3, 0.4) is 0 Å². The number of nitrogens with one attached hydrogen (secondary N) is 1.